The molecule has 2 aromatic rings. The van der Waals surface area contributed by atoms with Crippen LogP contribution in [-0.4, -0.2) is 51.1 Å². The summed E-state index contributed by atoms with van der Waals surface area (Å²) in [6, 6.07) is 6.57. The second kappa shape index (κ2) is 11.0. The molecule has 0 bridgehead atoms. The van der Waals surface area contributed by atoms with E-state index in [4.69, 9.17) is 4.99 Å². The molecule has 1 aliphatic rings. The van der Waals surface area contributed by atoms with Crippen LogP contribution in [0.3, 0.4) is 0 Å². The molecule has 0 aromatic carbocycles. The molecule has 0 radical (unpaired) electrons. The van der Waals surface area contributed by atoms with Gasteiger partial charge >= 0.3 is 0 Å². The Morgan fingerprint density at radius 3 is 2.72 bits per heavy atom. The maximum Gasteiger partial charge on any atom is 0.191 e. The molecular formula is C22H35N7. The number of hydrogen-bond donors (Lipinski definition) is 2. The van der Waals surface area contributed by atoms with Gasteiger partial charge in [0.1, 0.15) is 12.4 Å². The summed E-state index contributed by atoms with van der Waals surface area (Å²) in [7, 11) is 0. The van der Waals surface area contributed by atoms with Crippen molar-refractivity contribution in [2.75, 3.05) is 19.6 Å². The minimum atomic E-state index is 0.447. The van der Waals surface area contributed by atoms with Gasteiger partial charge in [-0.3, -0.25) is 9.88 Å². The molecule has 7 heteroatoms. The number of pyridine rings is 1. The van der Waals surface area contributed by atoms with Crippen LogP contribution < -0.4 is 10.6 Å². The van der Waals surface area contributed by atoms with Crippen molar-refractivity contribution in [3.05, 3.63) is 48.3 Å². The molecule has 0 atom stereocenters. The average Bonchev–Trinajstić information content (AvgIpc) is 3.15. The number of aromatic nitrogens is 3. The third-order valence-electron chi connectivity index (χ3n) is 5.13. The van der Waals surface area contributed by atoms with Gasteiger partial charge in [0.25, 0.3) is 0 Å². The van der Waals surface area contributed by atoms with E-state index in [2.05, 4.69) is 63.0 Å². The van der Waals surface area contributed by atoms with Crippen LogP contribution in [0.25, 0.3) is 0 Å². The van der Waals surface area contributed by atoms with E-state index in [0.717, 1.165) is 63.0 Å². The molecule has 1 saturated heterocycles. The van der Waals surface area contributed by atoms with E-state index in [0.29, 0.717) is 18.5 Å². The highest BCUT2D eigenvalue weighted by atomic mass is 15.2. The van der Waals surface area contributed by atoms with Gasteiger partial charge in [0, 0.05) is 57.4 Å². The minimum Gasteiger partial charge on any atom is -0.357 e. The average molecular weight is 398 g/mol. The Morgan fingerprint density at radius 1 is 1.21 bits per heavy atom. The van der Waals surface area contributed by atoms with Gasteiger partial charge in [-0.1, -0.05) is 19.9 Å². The van der Waals surface area contributed by atoms with Crippen molar-refractivity contribution in [2.45, 2.75) is 59.3 Å². The van der Waals surface area contributed by atoms with Gasteiger partial charge in [0.15, 0.2) is 5.96 Å². The molecule has 0 spiro atoms. The molecule has 3 heterocycles. The van der Waals surface area contributed by atoms with Crippen LogP contribution >= 0.6 is 0 Å². The smallest absolute Gasteiger partial charge is 0.191 e. The van der Waals surface area contributed by atoms with Crippen molar-refractivity contribution >= 4 is 5.96 Å². The summed E-state index contributed by atoms with van der Waals surface area (Å²) in [5.41, 5.74) is 1.14. The van der Waals surface area contributed by atoms with Crippen LogP contribution in [0.2, 0.25) is 0 Å². The Morgan fingerprint density at radius 2 is 2.03 bits per heavy atom. The number of rotatable bonds is 8. The van der Waals surface area contributed by atoms with E-state index in [9.17, 15) is 0 Å². The van der Waals surface area contributed by atoms with Crippen LogP contribution in [0.5, 0.6) is 0 Å². The Hall–Kier alpha value is -2.41. The topological polar surface area (TPSA) is 70.4 Å². The maximum atomic E-state index is 4.79. The molecule has 0 saturated carbocycles. The first-order valence-electron chi connectivity index (χ1n) is 10.8. The largest absolute Gasteiger partial charge is 0.357 e. The molecule has 2 aromatic heterocycles. The van der Waals surface area contributed by atoms with Gasteiger partial charge in [-0.15, -0.1) is 0 Å². The molecule has 158 valence electrons. The Bertz CT molecular complexity index is 746. The lowest BCUT2D eigenvalue weighted by Crippen LogP contribution is -2.48. The van der Waals surface area contributed by atoms with Crippen LogP contribution in [-0.2, 0) is 19.6 Å². The van der Waals surface area contributed by atoms with Crippen molar-refractivity contribution in [1.29, 1.82) is 0 Å². The lowest BCUT2D eigenvalue weighted by atomic mass is 10.0. The monoisotopic (exact) mass is 397 g/mol. The molecule has 0 unspecified atom stereocenters. The summed E-state index contributed by atoms with van der Waals surface area (Å²) < 4.78 is 2.20. The molecular weight excluding hydrogens is 362 g/mol. The SMILES string of the molecule is CCNC(=NCc1nccn1CC(C)C)NC1CCN(Cc2ccccn2)CC1. The first-order chi connectivity index (χ1) is 14.1. The Labute approximate surface area is 174 Å². The van der Waals surface area contributed by atoms with Gasteiger partial charge in [0.05, 0.1) is 5.69 Å². The maximum absolute atomic E-state index is 4.79. The van der Waals surface area contributed by atoms with E-state index in [1.165, 1.54) is 0 Å². The zero-order valence-electron chi connectivity index (χ0n) is 18.0. The molecule has 3 rings (SSSR count). The van der Waals surface area contributed by atoms with E-state index < -0.39 is 0 Å². The molecule has 7 nitrogen and oxygen atoms in total. The van der Waals surface area contributed by atoms with Gasteiger partial charge in [-0.25, -0.2) is 9.98 Å². The number of nitrogens with zero attached hydrogens (tertiary/aromatic N) is 5. The lowest BCUT2D eigenvalue weighted by Gasteiger charge is -2.32. The third-order valence-corrected chi connectivity index (χ3v) is 5.13. The van der Waals surface area contributed by atoms with Gasteiger partial charge in [0.2, 0.25) is 0 Å². The standard InChI is InChI=1S/C22H35N7/c1-4-23-22(26-15-21-25-11-14-29(21)16-18(2)3)27-19-8-12-28(13-9-19)17-20-7-5-6-10-24-20/h5-7,10-11,14,18-19H,4,8-9,12-13,15-17H2,1-3H3,(H2,23,26,27). The Balaban J connectivity index is 1.50. The summed E-state index contributed by atoms with van der Waals surface area (Å²) in [5, 5.41) is 7.01. The van der Waals surface area contributed by atoms with E-state index >= 15 is 0 Å². The molecule has 1 fully saturated rings. The number of aliphatic imine (C=N–C) groups is 1. The molecule has 2 N–H and O–H groups in total. The summed E-state index contributed by atoms with van der Waals surface area (Å²) in [4.78, 5) is 16.2. The van der Waals surface area contributed by atoms with Crippen molar-refractivity contribution < 1.29 is 0 Å². The Kier molecular flexibility index (Phi) is 8.04. The summed E-state index contributed by atoms with van der Waals surface area (Å²) >= 11 is 0. The summed E-state index contributed by atoms with van der Waals surface area (Å²) in [6.07, 6.45) is 8.00. The van der Waals surface area contributed by atoms with Crippen molar-refractivity contribution in [2.24, 2.45) is 10.9 Å². The highest BCUT2D eigenvalue weighted by molar-refractivity contribution is 5.80. The fraction of sp³-hybridized carbons (Fsp3) is 0.591. The second-order valence-corrected chi connectivity index (χ2v) is 8.10. The number of likely N-dealkylation sites (tertiary alicyclic amines) is 1. The number of hydrogen-bond acceptors (Lipinski definition) is 4. The second-order valence-electron chi connectivity index (χ2n) is 8.10. The predicted molar refractivity (Wildman–Crippen MR) is 118 cm³/mol. The lowest BCUT2D eigenvalue weighted by molar-refractivity contribution is 0.196. The zero-order valence-corrected chi connectivity index (χ0v) is 18.0. The fourth-order valence-corrected chi connectivity index (χ4v) is 3.67. The fourth-order valence-electron chi connectivity index (χ4n) is 3.67. The first-order valence-corrected chi connectivity index (χ1v) is 10.8. The normalized spacial score (nSPS) is 16.3. The third kappa shape index (κ3) is 6.85. The number of nitrogens with one attached hydrogen (secondary N) is 2. The molecule has 0 amide bonds. The van der Waals surface area contributed by atoms with Gasteiger partial charge < -0.3 is 15.2 Å². The molecule has 29 heavy (non-hydrogen) atoms. The van der Waals surface area contributed by atoms with Crippen molar-refractivity contribution in [3.8, 4) is 0 Å². The van der Waals surface area contributed by atoms with Crippen molar-refractivity contribution in [3.63, 3.8) is 0 Å². The van der Waals surface area contributed by atoms with E-state index in [1.807, 2.05) is 24.7 Å². The van der Waals surface area contributed by atoms with Crippen LogP contribution in [0.4, 0.5) is 0 Å². The predicted octanol–water partition coefficient (Wildman–Crippen LogP) is 2.65. The number of piperidine rings is 1. The summed E-state index contributed by atoms with van der Waals surface area (Å²) in [6.45, 7) is 12.0. The first kappa shape index (κ1) is 21.3. The highest BCUT2D eigenvalue weighted by Crippen LogP contribution is 2.13. The zero-order chi connectivity index (χ0) is 20.5. The van der Waals surface area contributed by atoms with Gasteiger partial charge in [-0.2, -0.15) is 0 Å². The highest BCUT2D eigenvalue weighted by Gasteiger charge is 2.20. The van der Waals surface area contributed by atoms with Gasteiger partial charge in [-0.05, 0) is 37.8 Å². The van der Waals surface area contributed by atoms with E-state index in [-0.39, 0.29) is 0 Å². The molecule has 1 aliphatic heterocycles. The molecule has 0 aliphatic carbocycles. The minimum absolute atomic E-state index is 0.447. The van der Waals surface area contributed by atoms with Crippen molar-refractivity contribution in [1.82, 2.24) is 30.1 Å². The number of guanidine groups is 1. The van der Waals surface area contributed by atoms with E-state index in [1.54, 1.807) is 0 Å². The van der Waals surface area contributed by atoms with Crippen LogP contribution in [0.15, 0.2) is 41.8 Å². The number of imidazole rings is 1. The van der Waals surface area contributed by atoms with Crippen LogP contribution in [0, 0.1) is 5.92 Å². The quantitative estimate of drug-likeness (QED) is 0.529. The summed E-state index contributed by atoms with van der Waals surface area (Å²) in [5.74, 6) is 2.49. The van der Waals surface area contributed by atoms with Crippen LogP contribution in [0.1, 0.15) is 45.1 Å².